The lowest BCUT2D eigenvalue weighted by Gasteiger charge is -2.36. The number of amides is 2. The van der Waals surface area contributed by atoms with Crippen molar-refractivity contribution in [2.45, 2.75) is 56.9 Å². The Morgan fingerprint density at radius 2 is 2.00 bits per heavy atom. The number of carbonyl (C=O) groups is 3. The number of cyclic esters (lactones) is 1. The number of hydrogen-bond acceptors (Lipinski definition) is 6. The number of rotatable bonds is 3. The number of likely N-dealkylation sites (tertiary alicyclic amines) is 1. The summed E-state index contributed by atoms with van der Waals surface area (Å²) in [6, 6.07) is -0.975. The van der Waals surface area contributed by atoms with Crippen LogP contribution < -0.4 is 0 Å². The van der Waals surface area contributed by atoms with E-state index in [2.05, 4.69) is 0 Å². The molecule has 8 nitrogen and oxygen atoms in total. The fourth-order valence-electron chi connectivity index (χ4n) is 5.25. The highest BCUT2D eigenvalue weighted by Crippen LogP contribution is 2.53. The molecule has 0 aliphatic carbocycles. The van der Waals surface area contributed by atoms with Crippen LogP contribution >= 0.6 is 0 Å². The van der Waals surface area contributed by atoms with Crippen molar-refractivity contribution in [2.24, 2.45) is 11.8 Å². The maximum absolute atomic E-state index is 13.6. The van der Waals surface area contributed by atoms with Crippen molar-refractivity contribution in [3.05, 3.63) is 24.3 Å². The fourth-order valence-corrected chi connectivity index (χ4v) is 5.25. The second-order valence-corrected chi connectivity index (χ2v) is 8.68. The molecular weight excluding hydrogens is 388 g/mol. The summed E-state index contributed by atoms with van der Waals surface area (Å²) >= 11 is 0. The van der Waals surface area contributed by atoms with E-state index >= 15 is 0 Å². The van der Waals surface area contributed by atoms with E-state index in [1.807, 2.05) is 32.1 Å². The van der Waals surface area contributed by atoms with Gasteiger partial charge in [0.2, 0.25) is 11.8 Å². The Morgan fingerprint density at radius 1 is 1.20 bits per heavy atom. The van der Waals surface area contributed by atoms with Crippen LogP contribution in [-0.4, -0.2) is 82.8 Å². The molecule has 0 aromatic carbocycles. The SMILES string of the molecule is CC(C)N1CC=C[C@]23O[C@H]4/C=C\CCCCOC(=O)[C@H]4[C@H]2C(=O)N(CCO)C3C1=O. The molecule has 164 valence electrons. The highest BCUT2D eigenvalue weighted by molar-refractivity contribution is 5.99. The molecule has 0 aromatic rings. The average molecular weight is 418 g/mol. The molecule has 1 spiro atoms. The van der Waals surface area contributed by atoms with Gasteiger partial charge in [-0.25, -0.2) is 0 Å². The van der Waals surface area contributed by atoms with Crippen molar-refractivity contribution < 1.29 is 29.0 Å². The number of ether oxygens (including phenoxy) is 2. The van der Waals surface area contributed by atoms with E-state index in [1.165, 1.54) is 4.90 Å². The zero-order valence-corrected chi connectivity index (χ0v) is 17.5. The Labute approximate surface area is 176 Å². The molecule has 2 saturated heterocycles. The van der Waals surface area contributed by atoms with Crippen LogP contribution in [0.1, 0.15) is 33.1 Å². The van der Waals surface area contributed by atoms with Crippen LogP contribution in [0.15, 0.2) is 24.3 Å². The van der Waals surface area contributed by atoms with Crippen molar-refractivity contribution in [3.8, 4) is 0 Å². The predicted octanol–water partition coefficient (Wildman–Crippen LogP) is 0.650. The molecule has 4 rings (SSSR count). The summed E-state index contributed by atoms with van der Waals surface area (Å²) in [5.74, 6) is -2.70. The zero-order chi connectivity index (χ0) is 21.5. The van der Waals surface area contributed by atoms with Crippen LogP contribution in [0.2, 0.25) is 0 Å². The summed E-state index contributed by atoms with van der Waals surface area (Å²) in [6.07, 6.45) is 9.36. The molecule has 1 unspecified atom stereocenters. The summed E-state index contributed by atoms with van der Waals surface area (Å²) in [7, 11) is 0. The highest BCUT2D eigenvalue weighted by atomic mass is 16.6. The van der Waals surface area contributed by atoms with Gasteiger partial charge >= 0.3 is 5.97 Å². The van der Waals surface area contributed by atoms with Gasteiger partial charge in [0.15, 0.2) is 0 Å². The van der Waals surface area contributed by atoms with E-state index in [4.69, 9.17) is 9.47 Å². The molecule has 0 radical (unpaired) electrons. The maximum atomic E-state index is 13.6. The molecule has 5 atom stereocenters. The van der Waals surface area contributed by atoms with Gasteiger partial charge in [0, 0.05) is 19.1 Å². The van der Waals surface area contributed by atoms with Gasteiger partial charge in [-0.1, -0.05) is 24.3 Å². The largest absolute Gasteiger partial charge is 0.465 e. The molecule has 0 aromatic heterocycles. The summed E-state index contributed by atoms with van der Waals surface area (Å²) in [6.45, 7) is 4.29. The van der Waals surface area contributed by atoms with Gasteiger partial charge in [0.1, 0.15) is 17.6 Å². The first-order valence-electron chi connectivity index (χ1n) is 10.8. The van der Waals surface area contributed by atoms with Crippen molar-refractivity contribution >= 4 is 17.8 Å². The van der Waals surface area contributed by atoms with Gasteiger partial charge in [-0.3, -0.25) is 14.4 Å². The van der Waals surface area contributed by atoms with Gasteiger partial charge in [0.05, 0.1) is 25.2 Å². The lowest BCUT2D eigenvalue weighted by Crippen LogP contribution is -2.56. The third-order valence-electron chi connectivity index (χ3n) is 6.60. The Bertz CT molecular complexity index is 778. The van der Waals surface area contributed by atoms with Crippen LogP contribution in [0.3, 0.4) is 0 Å². The Kier molecular flexibility index (Phi) is 5.72. The number of β-amino-alcohol motifs (C(OH)–C–C–N with tert-alkyl or cyclic N) is 1. The van der Waals surface area contributed by atoms with E-state index in [0.29, 0.717) is 13.2 Å². The minimum atomic E-state index is -1.25. The van der Waals surface area contributed by atoms with Gasteiger partial charge in [-0.05, 0) is 33.1 Å². The molecule has 4 aliphatic heterocycles. The number of nitrogens with zero attached hydrogens (tertiary/aromatic N) is 2. The van der Waals surface area contributed by atoms with Crippen LogP contribution in [0.4, 0.5) is 0 Å². The zero-order valence-electron chi connectivity index (χ0n) is 17.5. The first-order valence-corrected chi connectivity index (χ1v) is 10.8. The van der Waals surface area contributed by atoms with Gasteiger partial charge in [-0.15, -0.1) is 0 Å². The molecule has 4 aliphatic rings. The van der Waals surface area contributed by atoms with Crippen molar-refractivity contribution in [1.29, 1.82) is 0 Å². The summed E-state index contributed by atoms with van der Waals surface area (Å²) in [4.78, 5) is 43.2. The van der Waals surface area contributed by atoms with Crippen LogP contribution in [0, 0.1) is 11.8 Å². The Hall–Kier alpha value is -2.19. The number of aliphatic hydroxyl groups is 1. The van der Waals surface area contributed by atoms with E-state index in [-0.39, 0.29) is 31.0 Å². The number of fused-ring (bicyclic) bond motifs is 2. The van der Waals surface area contributed by atoms with Crippen molar-refractivity contribution in [3.63, 3.8) is 0 Å². The first kappa shape index (κ1) is 21.1. The van der Waals surface area contributed by atoms with Crippen molar-refractivity contribution in [1.82, 2.24) is 9.80 Å². The molecule has 2 fully saturated rings. The summed E-state index contributed by atoms with van der Waals surface area (Å²) in [5, 5.41) is 9.58. The Balaban J connectivity index is 1.82. The second-order valence-electron chi connectivity index (χ2n) is 8.68. The summed E-state index contributed by atoms with van der Waals surface area (Å²) in [5.41, 5.74) is -1.25. The van der Waals surface area contributed by atoms with Crippen LogP contribution in [-0.2, 0) is 23.9 Å². The van der Waals surface area contributed by atoms with Gasteiger partial charge in [0.25, 0.3) is 0 Å². The normalized spacial score (nSPS) is 37.5. The number of allylic oxidation sites excluding steroid dienone is 1. The lowest BCUT2D eigenvalue weighted by atomic mass is 9.78. The standard InChI is InChI=1S/C22H30N2O6/c1-14(2)23-10-7-9-22-17(19(26)24(11-12-25)18(22)20(23)27)16-15(30-22)8-5-3-4-6-13-29-21(16)28/h5,7-9,14-18,25H,3-4,6,10-13H2,1-2H3/b8-5-/t15-,16+,17-,18?,22-/m0/s1. The maximum Gasteiger partial charge on any atom is 0.312 e. The summed E-state index contributed by atoms with van der Waals surface area (Å²) < 4.78 is 11.9. The fraction of sp³-hybridized carbons (Fsp3) is 0.682. The predicted molar refractivity (Wildman–Crippen MR) is 107 cm³/mol. The van der Waals surface area contributed by atoms with Crippen LogP contribution in [0.5, 0.6) is 0 Å². The molecule has 1 N–H and O–H groups in total. The molecule has 0 saturated carbocycles. The minimum Gasteiger partial charge on any atom is -0.465 e. The molecule has 30 heavy (non-hydrogen) atoms. The smallest absolute Gasteiger partial charge is 0.312 e. The monoisotopic (exact) mass is 418 g/mol. The number of esters is 1. The number of aliphatic hydroxyl groups excluding tert-OH is 1. The second kappa shape index (κ2) is 8.15. The lowest BCUT2D eigenvalue weighted by molar-refractivity contribution is -0.155. The van der Waals surface area contributed by atoms with E-state index < -0.39 is 35.6 Å². The van der Waals surface area contributed by atoms with Gasteiger partial charge in [-0.2, -0.15) is 0 Å². The van der Waals surface area contributed by atoms with Gasteiger partial charge < -0.3 is 24.4 Å². The number of carbonyl (C=O) groups excluding carboxylic acids is 3. The molecule has 0 bridgehead atoms. The van der Waals surface area contributed by atoms with Crippen LogP contribution in [0.25, 0.3) is 0 Å². The Morgan fingerprint density at radius 3 is 2.73 bits per heavy atom. The quantitative estimate of drug-likeness (QED) is 0.534. The van der Waals surface area contributed by atoms with E-state index in [0.717, 1.165) is 19.3 Å². The first-order chi connectivity index (χ1) is 14.4. The molecule has 8 heteroatoms. The third kappa shape index (κ3) is 3.17. The highest BCUT2D eigenvalue weighted by Gasteiger charge is 2.71. The van der Waals surface area contributed by atoms with E-state index in [1.54, 1.807) is 11.0 Å². The van der Waals surface area contributed by atoms with E-state index in [9.17, 15) is 19.5 Å². The molecule has 2 amide bonds. The van der Waals surface area contributed by atoms with Crippen molar-refractivity contribution in [2.75, 3.05) is 26.3 Å². The third-order valence-corrected chi connectivity index (χ3v) is 6.60. The molecule has 4 heterocycles. The number of hydrogen-bond donors (Lipinski definition) is 1. The minimum absolute atomic E-state index is 0.0128. The molecular formula is C22H30N2O6. The topological polar surface area (TPSA) is 96.4 Å². The average Bonchev–Trinajstić information content (AvgIpc) is 3.08.